The van der Waals surface area contributed by atoms with Gasteiger partial charge in [-0.2, -0.15) is 5.10 Å². The van der Waals surface area contributed by atoms with Gasteiger partial charge in [-0.3, -0.25) is 9.58 Å². The van der Waals surface area contributed by atoms with E-state index < -0.39 is 0 Å². The molecule has 1 fully saturated rings. The number of nitrogens with one attached hydrogen (secondary N) is 1. The van der Waals surface area contributed by atoms with Crippen LogP contribution in [0.25, 0.3) is 17.6 Å². The molecule has 3 aromatic rings. The Labute approximate surface area is 182 Å². The Hall–Kier alpha value is -2.97. The number of aromatic nitrogens is 4. The normalized spacial score (nSPS) is 19.7. The number of H-pyrrole nitrogens is 1. The third-order valence-corrected chi connectivity index (χ3v) is 5.98. The fourth-order valence-electron chi connectivity index (χ4n) is 4.24. The molecule has 8 nitrogen and oxygen atoms in total. The van der Waals surface area contributed by atoms with E-state index in [-0.39, 0.29) is 6.29 Å². The van der Waals surface area contributed by atoms with E-state index in [1.54, 1.807) is 0 Å². The molecule has 1 aromatic carbocycles. The van der Waals surface area contributed by atoms with Gasteiger partial charge in [0.25, 0.3) is 0 Å². The molecule has 1 saturated heterocycles. The average Bonchev–Trinajstić information content (AvgIpc) is 3.41. The predicted molar refractivity (Wildman–Crippen MR) is 120 cm³/mol. The van der Waals surface area contributed by atoms with E-state index in [4.69, 9.17) is 9.98 Å². The van der Waals surface area contributed by atoms with E-state index in [0.29, 0.717) is 0 Å². The van der Waals surface area contributed by atoms with Gasteiger partial charge in [-0.1, -0.05) is 37.3 Å². The first-order valence-corrected chi connectivity index (χ1v) is 11.1. The van der Waals surface area contributed by atoms with Crippen LogP contribution in [0.3, 0.4) is 0 Å². The lowest BCUT2D eigenvalue weighted by Crippen LogP contribution is -2.56. The lowest BCUT2D eigenvalue weighted by atomic mass is 10.2. The summed E-state index contributed by atoms with van der Waals surface area (Å²) in [5, 5.41) is 5.50. The molecule has 31 heavy (non-hydrogen) atoms. The zero-order valence-electron chi connectivity index (χ0n) is 18.3. The highest BCUT2D eigenvalue weighted by atomic mass is 15.5. The van der Waals surface area contributed by atoms with Crippen molar-refractivity contribution in [2.45, 2.75) is 26.2 Å². The molecule has 2 aliphatic heterocycles. The molecule has 1 atom stereocenters. The lowest BCUT2D eigenvalue weighted by Gasteiger charge is -2.41. The molecule has 0 aliphatic carbocycles. The van der Waals surface area contributed by atoms with Crippen molar-refractivity contribution in [3.8, 4) is 11.4 Å². The maximum absolute atomic E-state index is 5.05. The molecule has 0 radical (unpaired) electrons. The maximum atomic E-state index is 5.05. The Balaban J connectivity index is 1.41. The van der Waals surface area contributed by atoms with Crippen LogP contribution in [0.2, 0.25) is 0 Å². The quantitative estimate of drug-likeness (QED) is 0.645. The van der Waals surface area contributed by atoms with Gasteiger partial charge < -0.3 is 14.8 Å². The van der Waals surface area contributed by atoms with Crippen LogP contribution >= 0.6 is 0 Å². The van der Waals surface area contributed by atoms with Gasteiger partial charge >= 0.3 is 0 Å². The number of benzene rings is 1. The molecule has 5 rings (SSSR count). The van der Waals surface area contributed by atoms with Gasteiger partial charge in [-0.15, -0.1) is 0 Å². The van der Waals surface area contributed by atoms with Crippen molar-refractivity contribution in [2.75, 3.05) is 39.8 Å². The highest BCUT2D eigenvalue weighted by Gasteiger charge is 2.27. The SMILES string of the molecule is CCCN1C=c2[nH]c(-c3cnn(Cc4ccccc4)c3)nc2=NC1N1CCN(C)CC1. The molecule has 4 heterocycles. The second kappa shape index (κ2) is 8.64. The minimum absolute atomic E-state index is 0.0260. The smallest absolute Gasteiger partial charge is 0.180 e. The van der Waals surface area contributed by atoms with E-state index in [2.05, 4.69) is 69.2 Å². The number of fused-ring (bicyclic) bond motifs is 1. The Kier molecular flexibility index (Phi) is 5.57. The molecular formula is C23H30N8. The molecule has 0 saturated carbocycles. The number of hydrogen-bond donors (Lipinski definition) is 1. The summed E-state index contributed by atoms with van der Waals surface area (Å²) < 4.78 is 1.95. The first-order valence-electron chi connectivity index (χ1n) is 11.1. The summed E-state index contributed by atoms with van der Waals surface area (Å²) >= 11 is 0. The summed E-state index contributed by atoms with van der Waals surface area (Å²) in [6, 6.07) is 10.4. The monoisotopic (exact) mass is 418 g/mol. The van der Waals surface area contributed by atoms with Crippen molar-refractivity contribution in [1.29, 1.82) is 0 Å². The number of hydrogen-bond acceptors (Lipinski definition) is 6. The number of nitrogens with zero attached hydrogens (tertiary/aromatic N) is 7. The summed E-state index contributed by atoms with van der Waals surface area (Å²) in [4.78, 5) is 20.5. The number of rotatable bonds is 6. The number of likely N-dealkylation sites (N-methyl/N-ethyl adjacent to an activating group) is 1. The Bertz CT molecular complexity index is 1120. The molecular weight excluding hydrogens is 388 g/mol. The standard InChI is InChI=1S/C23H30N8/c1-3-9-30-17-20-22(27-23(30)29-12-10-28(2)11-13-29)26-21(25-20)19-14-24-31(16-19)15-18-7-5-4-6-8-18/h4-8,14,16-17,23H,3,9-13,15H2,1-2H3,(H,25,26,27). The molecule has 0 amide bonds. The zero-order valence-corrected chi connectivity index (χ0v) is 18.3. The van der Waals surface area contributed by atoms with Crippen LogP contribution < -0.4 is 10.8 Å². The molecule has 0 bridgehead atoms. The van der Waals surface area contributed by atoms with Crippen LogP contribution in [0.1, 0.15) is 18.9 Å². The van der Waals surface area contributed by atoms with Crippen molar-refractivity contribution in [2.24, 2.45) is 4.99 Å². The summed E-state index contributed by atoms with van der Waals surface area (Å²) in [5.41, 5.74) is 3.00. The van der Waals surface area contributed by atoms with Gasteiger partial charge in [0.2, 0.25) is 0 Å². The van der Waals surface area contributed by atoms with Crippen molar-refractivity contribution in [3.05, 3.63) is 59.1 Å². The second-order valence-corrected chi connectivity index (χ2v) is 8.42. The van der Waals surface area contributed by atoms with Crippen LogP contribution in [-0.2, 0) is 6.54 Å². The summed E-state index contributed by atoms with van der Waals surface area (Å²) in [6.45, 7) is 8.13. The molecule has 1 N–H and O–H groups in total. The predicted octanol–water partition coefficient (Wildman–Crippen LogP) is 0.936. The van der Waals surface area contributed by atoms with Gasteiger partial charge in [-0.05, 0) is 19.0 Å². The highest BCUT2D eigenvalue weighted by Crippen LogP contribution is 2.15. The van der Waals surface area contributed by atoms with Crippen molar-refractivity contribution in [1.82, 2.24) is 34.4 Å². The van der Waals surface area contributed by atoms with Crippen molar-refractivity contribution < 1.29 is 0 Å². The number of aromatic amines is 1. The minimum atomic E-state index is 0.0260. The molecule has 0 spiro atoms. The van der Waals surface area contributed by atoms with E-state index in [1.807, 2.05) is 23.1 Å². The Morgan fingerprint density at radius 2 is 1.90 bits per heavy atom. The zero-order chi connectivity index (χ0) is 21.2. The van der Waals surface area contributed by atoms with Crippen LogP contribution in [0.4, 0.5) is 0 Å². The second-order valence-electron chi connectivity index (χ2n) is 8.42. The van der Waals surface area contributed by atoms with Crippen LogP contribution in [0, 0.1) is 0 Å². The molecule has 162 valence electrons. The van der Waals surface area contributed by atoms with E-state index in [9.17, 15) is 0 Å². The van der Waals surface area contributed by atoms with Crippen molar-refractivity contribution in [3.63, 3.8) is 0 Å². The Morgan fingerprint density at radius 3 is 2.68 bits per heavy atom. The van der Waals surface area contributed by atoms with E-state index in [0.717, 1.165) is 67.9 Å². The fraction of sp³-hybridized carbons (Fsp3) is 0.435. The molecule has 1 unspecified atom stereocenters. The number of piperazine rings is 1. The molecule has 8 heteroatoms. The first-order chi connectivity index (χ1) is 15.2. The van der Waals surface area contributed by atoms with Gasteiger partial charge in [0, 0.05) is 45.1 Å². The maximum Gasteiger partial charge on any atom is 0.180 e. The first kappa shape index (κ1) is 20.0. The van der Waals surface area contributed by atoms with Crippen LogP contribution in [0.5, 0.6) is 0 Å². The molecule has 2 aliphatic rings. The third-order valence-electron chi connectivity index (χ3n) is 5.98. The molecule has 2 aromatic heterocycles. The fourth-order valence-corrected chi connectivity index (χ4v) is 4.24. The van der Waals surface area contributed by atoms with Crippen LogP contribution in [-0.4, -0.2) is 80.5 Å². The average molecular weight is 419 g/mol. The third kappa shape index (κ3) is 4.26. The topological polar surface area (TPSA) is 68.6 Å². The van der Waals surface area contributed by atoms with Crippen molar-refractivity contribution >= 4 is 6.20 Å². The lowest BCUT2D eigenvalue weighted by molar-refractivity contribution is 0.0456. The van der Waals surface area contributed by atoms with Crippen LogP contribution in [0.15, 0.2) is 47.7 Å². The largest absolute Gasteiger partial charge is 0.342 e. The summed E-state index contributed by atoms with van der Waals surface area (Å²) in [5.74, 6) is 0.819. The van der Waals surface area contributed by atoms with E-state index >= 15 is 0 Å². The van der Waals surface area contributed by atoms with Gasteiger partial charge in [0.15, 0.2) is 11.8 Å². The van der Waals surface area contributed by atoms with Gasteiger partial charge in [0.1, 0.15) is 11.2 Å². The highest BCUT2D eigenvalue weighted by molar-refractivity contribution is 5.52. The van der Waals surface area contributed by atoms with Gasteiger partial charge in [0.05, 0.1) is 18.3 Å². The Morgan fingerprint density at radius 1 is 1.10 bits per heavy atom. The summed E-state index contributed by atoms with van der Waals surface area (Å²) in [7, 11) is 2.18. The summed E-state index contributed by atoms with van der Waals surface area (Å²) in [6.07, 6.45) is 7.21. The number of imidazole rings is 1. The van der Waals surface area contributed by atoms with E-state index in [1.165, 1.54) is 5.56 Å². The van der Waals surface area contributed by atoms with Gasteiger partial charge in [-0.25, -0.2) is 9.98 Å². The minimum Gasteiger partial charge on any atom is -0.342 e.